The number of ether oxygens (including phenoxy) is 2. The van der Waals surface area contributed by atoms with Crippen molar-refractivity contribution >= 4 is 21.7 Å². The van der Waals surface area contributed by atoms with Crippen molar-refractivity contribution in [2.45, 2.75) is 6.92 Å². The molecule has 0 saturated carbocycles. The fourth-order valence-corrected chi connectivity index (χ4v) is 2.57. The first-order valence-electron chi connectivity index (χ1n) is 6.14. The molecule has 2 heterocycles. The number of phenols is 1. The van der Waals surface area contributed by atoms with E-state index in [2.05, 4.69) is 0 Å². The van der Waals surface area contributed by atoms with E-state index in [1.807, 2.05) is 0 Å². The Morgan fingerprint density at radius 1 is 1.10 bits per heavy atom. The Kier molecular flexibility index (Phi) is 2.04. The monoisotopic (exact) mass is 270 g/mol. The minimum Gasteiger partial charge on any atom is -0.508 e. The average molecular weight is 270 g/mol. The molecule has 0 aliphatic carbocycles. The van der Waals surface area contributed by atoms with Crippen LogP contribution in [0.3, 0.4) is 0 Å². The van der Waals surface area contributed by atoms with E-state index in [1.54, 1.807) is 31.2 Å². The van der Waals surface area contributed by atoms with Gasteiger partial charge in [-0.2, -0.15) is 0 Å². The van der Waals surface area contributed by atoms with Crippen molar-refractivity contribution < 1.29 is 19.0 Å². The molecule has 20 heavy (non-hydrogen) atoms. The predicted molar refractivity (Wildman–Crippen MR) is 72.5 cm³/mol. The van der Waals surface area contributed by atoms with Gasteiger partial charge < -0.3 is 19.0 Å². The predicted octanol–water partition coefficient (Wildman–Crippen LogP) is 2.69. The highest BCUT2D eigenvalue weighted by Gasteiger charge is 2.22. The van der Waals surface area contributed by atoms with Crippen molar-refractivity contribution in [1.29, 1.82) is 0 Å². The molecule has 1 aliphatic rings. The summed E-state index contributed by atoms with van der Waals surface area (Å²) in [5, 5.41) is 11.6. The summed E-state index contributed by atoms with van der Waals surface area (Å²) in [6, 6.07) is 6.89. The summed E-state index contributed by atoms with van der Waals surface area (Å²) in [5.41, 5.74) is 0.434. The Morgan fingerprint density at radius 2 is 1.90 bits per heavy atom. The van der Waals surface area contributed by atoms with E-state index in [4.69, 9.17) is 13.9 Å². The number of aryl methyl sites for hydroxylation is 1. The Balaban J connectivity index is 2.28. The third-order valence-corrected chi connectivity index (χ3v) is 3.61. The summed E-state index contributed by atoms with van der Waals surface area (Å²) in [6.45, 7) is 1.81. The lowest BCUT2D eigenvalue weighted by atomic mass is 10.0. The van der Waals surface area contributed by atoms with Crippen LogP contribution in [0, 0.1) is 6.92 Å². The molecular weight excluding hydrogens is 260 g/mol. The summed E-state index contributed by atoms with van der Waals surface area (Å²) in [5.74, 6) is 1.06. The second-order valence-electron chi connectivity index (χ2n) is 4.70. The molecule has 4 rings (SSSR count). The van der Waals surface area contributed by atoms with Gasteiger partial charge in [-0.1, -0.05) is 0 Å². The van der Waals surface area contributed by atoms with Crippen molar-refractivity contribution in [2.24, 2.45) is 0 Å². The van der Waals surface area contributed by atoms with Gasteiger partial charge in [-0.05, 0) is 31.2 Å². The van der Waals surface area contributed by atoms with E-state index < -0.39 is 5.63 Å². The van der Waals surface area contributed by atoms with Gasteiger partial charge in [0.1, 0.15) is 16.7 Å². The smallest absolute Gasteiger partial charge is 0.348 e. The largest absolute Gasteiger partial charge is 0.508 e. The Bertz CT molecular complexity index is 923. The molecule has 3 aromatic rings. The zero-order valence-electron chi connectivity index (χ0n) is 10.6. The Hall–Kier alpha value is -2.69. The van der Waals surface area contributed by atoms with Gasteiger partial charge in [-0.3, -0.25) is 0 Å². The Morgan fingerprint density at radius 3 is 2.75 bits per heavy atom. The molecule has 1 aliphatic heterocycles. The first kappa shape index (κ1) is 11.2. The fourth-order valence-electron chi connectivity index (χ4n) is 2.57. The SMILES string of the molecule is Cc1c(O)ccc2c1oc(=O)c1c3c(ccc12)OCO3. The molecule has 0 fully saturated rings. The molecule has 0 saturated heterocycles. The number of phenolic OH excluding ortho intramolecular Hbond substituents is 1. The van der Waals surface area contributed by atoms with E-state index in [9.17, 15) is 9.90 Å². The molecule has 2 aromatic carbocycles. The number of benzene rings is 2. The quantitative estimate of drug-likeness (QED) is 0.502. The van der Waals surface area contributed by atoms with Crippen LogP contribution in [0.25, 0.3) is 21.7 Å². The maximum absolute atomic E-state index is 12.2. The molecule has 0 unspecified atom stereocenters. The van der Waals surface area contributed by atoms with Crippen LogP contribution in [-0.2, 0) is 0 Å². The zero-order valence-corrected chi connectivity index (χ0v) is 10.6. The maximum Gasteiger partial charge on any atom is 0.348 e. The highest BCUT2D eigenvalue weighted by Crippen LogP contribution is 2.40. The van der Waals surface area contributed by atoms with Crippen molar-refractivity contribution in [3.8, 4) is 17.2 Å². The lowest BCUT2D eigenvalue weighted by Gasteiger charge is -2.07. The van der Waals surface area contributed by atoms with E-state index in [1.165, 1.54) is 0 Å². The third kappa shape index (κ3) is 1.29. The van der Waals surface area contributed by atoms with Gasteiger partial charge in [0.2, 0.25) is 6.79 Å². The minimum absolute atomic E-state index is 0.0977. The van der Waals surface area contributed by atoms with E-state index >= 15 is 0 Å². The molecule has 0 radical (unpaired) electrons. The fraction of sp³-hybridized carbons (Fsp3) is 0.133. The van der Waals surface area contributed by atoms with Crippen LogP contribution in [-0.4, -0.2) is 11.9 Å². The number of rotatable bonds is 0. The third-order valence-electron chi connectivity index (χ3n) is 3.61. The number of hydrogen-bond acceptors (Lipinski definition) is 5. The van der Waals surface area contributed by atoms with Crippen LogP contribution in [0.15, 0.2) is 33.5 Å². The molecular formula is C15H10O5. The van der Waals surface area contributed by atoms with Crippen LogP contribution in [0.2, 0.25) is 0 Å². The van der Waals surface area contributed by atoms with Gasteiger partial charge in [0, 0.05) is 16.3 Å². The molecule has 0 bridgehead atoms. The van der Waals surface area contributed by atoms with Gasteiger partial charge in [0.15, 0.2) is 11.5 Å². The molecule has 0 amide bonds. The van der Waals surface area contributed by atoms with Crippen molar-refractivity contribution in [2.75, 3.05) is 6.79 Å². The molecule has 1 aromatic heterocycles. The summed E-state index contributed by atoms with van der Waals surface area (Å²) in [6.07, 6.45) is 0. The van der Waals surface area contributed by atoms with Gasteiger partial charge in [0.25, 0.3) is 0 Å². The topological polar surface area (TPSA) is 68.9 Å². The van der Waals surface area contributed by atoms with Crippen LogP contribution in [0.1, 0.15) is 5.56 Å². The van der Waals surface area contributed by atoms with Gasteiger partial charge in [-0.15, -0.1) is 0 Å². The molecule has 5 heteroatoms. The average Bonchev–Trinajstić information content (AvgIpc) is 2.91. The second-order valence-corrected chi connectivity index (χ2v) is 4.70. The summed E-state index contributed by atoms with van der Waals surface area (Å²) >= 11 is 0. The zero-order chi connectivity index (χ0) is 13.9. The molecule has 1 N–H and O–H groups in total. The summed E-state index contributed by atoms with van der Waals surface area (Å²) in [7, 11) is 0. The molecule has 0 spiro atoms. The van der Waals surface area contributed by atoms with E-state index in [0.717, 1.165) is 10.8 Å². The highest BCUT2D eigenvalue weighted by molar-refractivity contribution is 6.08. The van der Waals surface area contributed by atoms with Crippen LogP contribution in [0.5, 0.6) is 17.2 Å². The lowest BCUT2D eigenvalue weighted by molar-refractivity contribution is 0.174. The highest BCUT2D eigenvalue weighted by atomic mass is 16.7. The van der Waals surface area contributed by atoms with E-state index in [0.29, 0.717) is 28.0 Å². The van der Waals surface area contributed by atoms with Crippen LogP contribution in [0.4, 0.5) is 0 Å². The minimum atomic E-state index is -0.497. The normalized spacial score (nSPS) is 13.2. The summed E-state index contributed by atoms with van der Waals surface area (Å²) < 4.78 is 16.0. The number of hydrogen-bond donors (Lipinski definition) is 1. The van der Waals surface area contributed by atoms with Gasteiger partial charge in [0.05, 0.1) is 0 Å². The van der Waals surface area contributed by atoms with Gasteiger partial charge >= 0.3 is 5.63 Å². The Labute approximate surface area is 113 Å². The molecule has 5 nitrogen and oxygen atoms in total. The molecule has 0 atom stereocenters. The lowest BCUT2D eigenvalue weighted by Crippen LogP contribution is -2.02. The first-order chi connectivity index (χ1) is 9.66. The number of aromatic hydroxyl groups is 1. The van der Waals surface area contributed by atoms with Crippen molar-refractivity contribution in [3.05, 3.63) is 40.2 Å². The standard InChI is InChI=1S/C15H10O5/c1-7-10(16)4-2-9-8-3-5-11-14(19-6-18-11)12(8)15(17)20-13(7)9/h2-5,16H,6H2,1H3. The van der Waals surface area contributed by atoms with Crippen molar-refractivity contribution in [1.82, 2.24) is 0 Å². The molecule has 100 valence electrons. The number of fused-ring (bicyclic) bond motifs is 5. The van der Waals surface area contributed by atoms with Crippen LogP contribution >= 0.6 is 0 Å². The maximum atomic E-state index is 12.2. The second kappa shape index (κ2) is 3.66. The van der Waals surface area contributed by atoms with Crippen molar-refractivity contribution in [3.63, 3.8) is 0 Å². The first-order valence-corrected chi connectivity index (χ1v) is 6.14. The van der Waals surface area contributed by atoms with E-state index in [-0.39, 0.29) is 12.5 Å². The van der Waals surface area contributed by atoms with Crippen LogP contribution < -0.4 is 15.1 Å². The summed E-state index contributed by atoms with van der Waals surface area (Å²) in [4.78, 5) is 12.2. The van der Waals surface area contributed by atoms with Gasteiger partial charge in [-0.25, -0.2) is 4.79 Å².